The van der Waals surface area contributed by atoms with Crippen LogP contribution in [-0.4, -0.2) is 25.2 Å². The Bertz CT molecular complexity index is 546. The Kier molecular flexibility index (Phi) is 7.26. The Balaban J connectivity index is 3.51. The Labute approximate surface area is 144 Å². The summed E-state index contributed by atoms with van der Waals surface area (Å²) >= 11 is 0. The minimum Gasteiger partial charge on any atom is -0.465 e. The van der Waals surface area contributed by atoms with Gasteiger partial charge in [0, 0.05) is 5.69 Å². The quantitative estimate of drug-likeness (QED) is 0.467. The number of carbonyl (C=O) groups excluding carboxylic acids is 2. The van der Waals surface area contributed by atoms with E-state index in [-0.39, 0.29) is 25.0 Å². The number of ether oxygens (including phenoxy) is 2. The second-order valence-corrected chi connectivity index (χ2v) is 6.36. The molecule has 5 nitrogen and oxygen atoms in total. The van der Waals surface area contributed by atoms with Crippen LogP contribution < -0.4 is 5.73 Å². The van der Waals surface area contributed by atoms with E-state index >= 15 is 0 Å². The molecule has 134 valence electrons. The summed E-state index contributed by atoms with van der Waals surface area (Å²) in [6, 6.07) is 3.65. The fraction of sp³-hybridized carbons (Fsp3) is 0.579. The molecule has 0 unspecified atom stereocenters. The van der Waals surface area contributed by atoms with Gasteiger partial charge in [0.1, 0.15) is 0 Å². The average Bonchev–Trinajstić information content (AvgIpc) is 2.48. The van der Waals surface area contributed by atoms with Gasteiger partial charge in [-0.15, -0.1) is 0 Å². The molecule has 0 fully saturated rings. The molecule has 1 aromatic rings. The van der Waals surface area contributed by atoms with E-state index in [1.807, 2.05) is 39.8 Å². The molecule has 0 spiro atoms. The van der Waals surface area contributed by atoms with Crippen molar-refractivity contribution in [3.05, 3.63) is 28.8 Å². The van der Waals surface area contributed by atoms with E-state index in [0.717, 1.165) is 16.8 Å². The van der Waals surface area contributed by atoms with E-state index in [9.17, 15) is 9.59 Å². The highest BCUT2D eigenvalue weighted by atomic mass is 16.6. The number of nitrogen functional groups attached to an aromatic ring is 1. The lowest BCUT2D eigenvalue weighted by Crippen LogP contribution is -2.26. The summed E-state index contributed by atoms with van der Waals surface area (Å²) in [7, 11) is 0. The molecular weight excluding hydrogens is 306 g/mol. The minimum atomic E-state index is -1.08. The van der Waals surface area contributed by atoms with Gasteiger partial charge in [-0.2, -0.15) is 0 Å². The maximum Gasteiger partial charge on any atom is 0.324 e. The lowest BCUT2D eigenvalue weighted by atomic mass is 9.86. The Morgan fingerprint density at radius 2 is 1.29 bits per heavy atom. The van der Waals surface area contributed by atoms with Crippen LogP contribution in [0.2, 0.25) is 0 Å². The third kappa shape index (κ3) is 4.49. The fourth-order valence-electron chi connectivity index (χ4n) is 2.66. The van der Waals surface area contributed by atoms with Crippen molar-refractivity contribution < 1.29 is 19.1 Å². The zero-order valence-electron chi connectivity index (χ0n) is 15.5. The van der Waals surface area contributed by atoms with E-state index < -0.39 is 17.9 Å². The molecule has 0 bridgehead atoms. The van der Waals surface area contributed by atoms with Crippen molar-refractivity contribution in [2.75, 3.05) is 18.9 Å². The van der Waals surface area contributed by atoms with Crippen LogP contribution in [0.1, 0.15) is 76.0 Å². The molecule has 0 amide bonds. The van der Waals surface area contributed by atoms with Crippen LogP contribution in [0.5, 0.6) is 0 Å². The molecule has 0 atom stereocenters. The van der Waals surface area contributed by atoms with Crippen molar-refractivity contribution >= 4 is 17.6 Å². The van der Waals surface area contributed by atoms with E-state index in [1.165, 1.54) is 0 Å². The van der Waals surface area contributed by atoms with Gasteiger partial charge in [-0.3, -0.25) is 9.59 Å². The maximum atomic E-state index is 12.4. The smallest absolute Gasteiger partial charge is 0.324 e. The van der Waals surface area contributed by atoms with E-state index in [0.29, 0.717) is 5.56 Å². The molecule has 2 N–H and O–H groups in total. The normalized spacial score (nSPS) is 11.2. The predicted octanol–water partition coefficient (Wildman–Crippen LogP) is 3.73. The molecular formula is C19H29NO4. The van der Waals surface area contributed by atoms with E-state index in [1.54, 1.807) is 13.8 Å². The summed E-state index contributed by atoms with van der Waals surface area (Å²) in [5, 5.41) is 0. The molecule has 5 heteroatoms. The van der Waals surface area contributed by atoms with Crippen LogP contribution in [0.15, 0.2) is 12.1 Å². The van der Waals surface area contributed by atoms with Crippen molar-refractivity contribution in [3.8, 4) is 0 Å². The van der Waals surface area contributed by atoms with Gasteiger partial charge in [0.05, 0.1) is 13.2 Å². The van der Waals surface area contributed by atoms with Gasteiger partial charge in [0.25, 0.3) is 0 Å². The predicted molar refractivity (Wildman–Crippen MR) is 95.0 cm³/mol. The second-order valence-electron chi connectivity index (χ2n) is 6.36. The molecule has 0 radical (unpaired) electrons. The zero-order valence-corrected chi connectivity index (χ0v) is 15.5. The summed E-state index contributed by atoms with van der Waals surface area (Å²) in [5.74, 6) is -1.92. The molecule has 0 saturated carbocycles. The fourth-order valence-corrected chi connectivity index (χ4v) is 2.66. The Morgan fingerprint density at radius 3 is 1.58 bits per heavy atom. The third-order valence-corrected chi connectivity index (χ3v) is 3.89. The summed E-state index contributed by atoms with van der Waals surface area (Å²) in [6.07, 6.45) is 0. The highest BCUT2D eigenvalue weighted by molar-refractivity contribution is 6.01. The van der Waals surface area contributed by atoms with Crippen LogP contribution in [0.3, 0.4) is 0 Å². The van der Waals surface area contributed by atoms with Crippen molar-refractivity contribution in [1.29, 1.82) is 0 Å². The summed E-state index contributed by atoms with van der Waals surface area (Å²) in [5.41, 5.74) is 9.44. The SMILES string of the molecule is CCOC(=O)C(C(=O)OCC)c1cc(C(C)C)c(N)c(C(C)C)c1. The van der Waals surface area contributed by atoms with Crippen LogP contribution in [0.4, 0.5) is 5.69 Å². The van der Waals surface area contributed by atoms with Gasteiger partial charge in [0.15, 0.2) is 5.92 Å². The Hall–Kier alpha value is -2.04. The molecule has 0 saturated heterocycles. The van der Waals surface area contributed by atoms with Gasteiger partial charge in [-0.25, -0.2) is 0 Å². The lowest BCUT2D eigenvalue weighted by molar-refractivity contribution is -0.156. The number of anilines is 1. The number of benzene rings is 1. The molecule has 1 rings (SSSR count). The standard InChI is InChI=1S/C19H29NO4/c1-7-23-18(21)16(19(22)24-8-2)13-9-14(11(3)4)17(20)15(10-13)12(5)6/h9-12,16H,7-8,20H2,1-6H3. The molecule has 0 aliphatic rings. The molecule has 0 aromatic heterocycles. The van der Waals surface area contributed by atoms with Gasteiger partial charge >= 0.3 is 11.9 Å². The molecule has 0 heterocycles. The molecule has 0 aliphatic carbocycles. The first kappa shape index (κ1) is 20.0. The van der Waals surface area contributed by atoms with Crippen molar-refractivity contribution in [2.24, 2.45) is 0 Å². The topological polar surface area (TPSA) is 78.6 Å². The number of carbonyl (C=O) groups is 2. The van der Waals surface area contributed by atoms with E-state index in [2.05, 4.69) is 0 Å². The summed E-state index contributed by atoms with van der Waals surface area (Å²) < 4.78 is 10.2. The third-order valence-electron chi connectivity index (χ3n) is 3.89. The monoisotopic (exact) mass is 335 g/mol. The van der Waals surface area contributed by atoms with Crippen molar-refractivity contribution in [3.63, 3.8) is 0 Å². The zero-order chi connectivity index (χ0) is 18.4. The highest BCUT2D eigenvalue weighted by Crippen LogP contribution is 2.34. The molecule has 24 heavy (non-hydrogen) atoms. The van der Waals surface area contributed by atoms with Crippen LogP contribution >= 0.6 is 0 Å². The lowest BCUT2D eigenvalue weighted by Gasteiger charge is -2.21. The molecule has 0 aliphatic heterocycles. The first-order valence-electron chi connectivity index (χ1n) is 8.50. The van der Waals surface area contributed by atoms with Crippen LogP contribution in [0, 0.1) is 0 Å². The maximum absolute atomic E-state index is 12.4. The average molecular weight is 335 g/mol. The number of esters is 2. The Morgan fingerprint density at radius 1 is 0.917 bits per heavy atom. The van der Waals surface area contributed by atoms with Gasteiger partial charge < -0.3 is 15.2 Å². The first-order valence-corrected chi connectivity index (χ1v) is 8.50. The summed E-state index contributed by atoms with van der Waals surface area (Å²) in [6.45, 7) is 12.0. The van der Waals surface area contributed by atoms with Crippen LogP contribution in [-0.2, 0) is 19.1 Å². The van der Waals surface area contributed by atoms with Crippen LogP contribution in [0.25, 0.3) is 0 Å². The summed E-state index contributed by atoms with van der Waals surface area (Å²) in [4.78, 5) is 24.7. The number of rotatable bonds is 7. The second kappa shape index (κ2) is 8.71. The first-order chi connectivity index (χ1) is 11.2. The van der Waals surface area contributed by atoms with Crippen molar-refractivity contribution in [1.82, 2.24) is 0 Å². The van der Waals surface area contributed by atoms with E-state index in [4.69, 9.17) is 15.2 Å². The molecule has 1 aromatic carbocycles. The minimum absolute atomic E-state index is 0.174. The number of nitrogens with two attached hydrogens (primary N) is 1. The largest absolute Gasteiger partial charge is 0.465 e. The van der Waals surface area contributed by atoms with Gasteiger partial charge in [-0.1, -0.05) is 39.8 Å². The van der Waals surface area contributed by atoms with Crippen molar-refractivity contribution in [2.45, 2.75) is 59.3 Å². The highest BCUT2D eigenvalue weighted by Gasteiger charge is 2.33. The number of hydrogen-bond donors (Lipinski definition) is 1. The van der Waals surface area contributed by atoms with Gasteiger partial charge in [0.2, 0.25) is 0 Å². The number of hydrogen-bond acceptors (Lipinski definition) is 5. The van der Waals surface area contributed by atoms with Gasteiger partial charge in [-0.05, 0) is 42.4 Å².